The molecule has 0 aliphatic carbocycles. The van der Waals surface area contributed by atoms with Crippen molar-refractivity contribution < 1.29 is 4.74 Å². The zero-order chi connectivity index (χ0) is 14.5. The Labute approximate surface area is 124 Å². The third kappa shape index (κ3) is 3.32. The van der Waals surface area contributed by atoms with Crippen molar-refractivity contribution >= 4 is 17.3 Å². The zero-order valence-corrected chi connectivity index (χ0v) is 12.9. The molecule has 0 saturated carbocycles. The van der Waals surface area contributed by atoms with E-state index < -0.39 is 0 Å². The highest BCUT2D eigenvalue weighted by molar-refractivity contribution is 6.31. The molecule has 4 nitrogen and oxygen atoms in total. The second-order valence-electron chi connectivity index (χ2n) is 4.72. The zero-order valence-electron chi connectivity index (χ0n) is 12.1. The summed E-state index contributed by atoms with van der Waals surface area (Å²) in [6.45, 7) is 3.28. The molecule has 0 atom stereocenters. The molecule has 1 heterocycles. The number of nitrogens with one attached hydrogen (secondary N) is 1. The molecule has 0 spiro atoms. The molecule has 0 radical (unpaired) electrons. The van der Waals surface area contributed by atoms with E-state index in [9.17, 15) is 0 Å². The Morgan fingerprint density at radius 3 is 2.75 bits per heavy atom. The number of aromatic nitrogens is 2. The number of hydrogen-bond acceptors (Lipinski definition) is 3. The van der Waals surface area contributed by atoms with Crippen LogP contribution in [-0.2, 0) is 24.8 Å². The van der Waals surface area contributed by atoms with Crippen LogP contribution in [0.3, 0.4) is 0 Å². The minimum absolute atomic E-state index is 0.653. The van der Waals surface area contributed by atoms with Gasteiger partial charge in [0, 0.05) is 19.8 Å². The predicted molar refractivity (Wildman–Crippen MR) is 82.3 cm³/mol. The van der Waals surface area contributed by atoms with E-state index in [1.165, 1.54) is 5.56 Å². The van der Waals surface area contributed by atoms with Crippen LogP contribution in [-0.4, -0.2) is 23.5 Å². The van der Waals surface area contributed by atoms with Crippen molar-refractivity contribution in [2.75, 3.05) is 19.0 Å². The minimum Gasteiger partial charge on any atom is -0.384 e. The molecule has 0 fully saturated rings. The van der Waals surface area contributed by atoms with Crippen LogP contribution in [0.1, 0.15) is 17.0 Å². The summed E-state index contributed by atoms with van der Waals surface area (Å²) >= 11 is 6.26. The lowest BCUT2D eigenvalue weighted by molar-refractivity contribution is 0.202. The van der Waals surface area contributed by atoms with Crippen LogP contribution in [0.15, 0.2) is 24.3 Å². The number of hydrogen-bond donors (Lipinski definition) is 1. The summed E-state index contributed by atoms with van der Waals surface area (Å²) in [5, 5.41) is 8.48. The SMILES string of the molecule is COCCc1ccccc1NCc1c(Cl)c(C)nn1C. The normalized spacial score (nSPS) is 10.8. The highest BCUT2D eigenvalue weighted by Gasteiger charge is 2.11. The van der Waals surface area contributed by atoms with Gasteiger partial charge in [-0.05, 0) is 25.0 Å². The fraction of sp³-hybridized carbons (Fsp3) is 0.400. The third-order valence-corrected chi connectivity index (χ3v) is 3.79. The molecule has 0 aliphatic rings. The monoisotopic (exact) mass is 293 g/mol. The number of methoxy groups -OCH3 is 1. The molecular weight excluding hydrogens is 274 g/mol. The van der Waals surface area contributed by atoms with Crippen molar-refractivity contribution in [1.82, 2.24) is 9.78 Å². The van der Waals surface area contributed by atoms with E-state index in [0.717, 1.165) is 28.5 Å². The summed E-state index contributed by atoms with van der Waals surface area (Å²) in [4.78, 5) is 0. The topological polar surface area (TPSA) is 39.1 Å². The number of anilines is 1. The quantitative estimate of drug-likeness (QED) is 0.889. The Kier molecular flexibility index (Phi) is 5.04. The highest BCUT2D eigenvalue weighted by Crippen LogP contribution is 2.22. The van der Waals surface area contributed by atoms with E-state index in [4.69, 9.17) is 16.3 Å². The average molecular weight is 294 g/mol. The molecule has 1 N–H and O–H groups in total. The van der Waals surface area contributed by atoms with Crippen LogP contribution in [0.5, 0.6) is 0 Å². The summed E-state index contributed by atoms with van der Waals surface area (Å²) in [7, 11) is 3.63. The van der Waals surface area contributed by atoms with Gasteiger partial charge < -0.3 is 10.1 Å². The minimum atomic E-state index is 0.653. The Morgan fingerprint density at radius 2 is 2.10 bits per heavy atom. The van der Waals surface area contributed by atoms with Gasteiger partial charge in [-0.15, -0.1) is 0 Å². The molecule has 0 amide bonds. The highest BCUT2D eigenvalue weighted by atomic mass is 35.5. The number of benzene rings is 1. The summed E-state index contributed by atoms with van der Waals surface area (Å²) in [6, 6.07) is 8.24. The Hall–Kier alpha value is -1.52. The van der Waals surface area contributed by atoms with Gasteiger partial charge >= 0.3 is 0 Å². The molecule has 0 saturated heterocycles. The van der Waals surface area contributed by atoms with Crippen LogP contribution in [0.4, 0.5) is 5.69 Å². The van der Waals surface area contributed by atoms with Crippen LogP contribution < -0.4 is 5.32 Å². The van der Waals surface area contributed by atoms with E-state index in [-0.39, 0.29) is 0 Å². The molecule has 5 heteroatoms. The number of nitrogens with zero attached hydrogens (tertiary/aromatic N) is 2. The predicted octanol–water partition coefficient (Wildman–Crippen LogP) is 3.18. The van der Waals surface area contributed by atoms with Crippen molar-refractivity contribution in [3.05, 3.63) is 46.2 Å². The van der Waals surface area contributed by atoms with Crippen molar-refractivity contribution in [3.8, 4) is 0 Å². The van der Waals surface area contributed by atoms with Gasteiger partial charge in [0.05, 0.1) is 29.6 Å². The lowest BCUT2D eigenvalue weighted by Gasteiger charge is -2.12. The van der Waals surface area contributed by atoms with Crippen LogP contribution in [0.25, 0.3) is 0 Å². The molecule has 2 rings (SSSR count). The molecule has 1 aromatic carbocycles. The van der Waals surface area contributed by atoms with Gasteiger partial charge in [-0.1, -0.05) is 29.8 Å². The molecular formula is C15H20ClN3O. The van der Waals surface area contributed by atoms with Crippen molar-refractivity contribution in [2.24, 2.45) is 7.05 Å². The fourth-order valence-electron chi connectivity index (χ4n) is 2.17. The van der Waals surface area contributed by atoms with Gasteiger partial charge in [-0.25, -0.2) is 0 Å². The molecule has 0 aliphatic heterocycles. The number of halogens is 1. The lowest BCUT2D eigenvalue weighted by atomic mass is 10.1. The van der Waals surface area contributed by atoms with Crippen molar-refractivity contribution in [3.63, 3.8) is 0 Å². The average Bonchev–Trinajstić information content (AvgIpc) is 2.69. The Balaban J connectivity index is 2.10. The van der Waals surface area contributed by atoms with Crippen molar-refractivity contribution in [1.29, 1.82) is 0 Å². The number of ether oxygens (including phenoxy) is 1. The maximum Gasteiger partial charge on any atom is 0.0865 e. The fourth-order valence-corrected chi connectivity index (χ4v) is 2.40. The van der Waals surface area contributed by atoms with E-state index in [2.05, 4.69) is 22.5 Å². The first-order valence-electron chi connectivity index (χ1n) is 6.62. The Morgan fingerprint density at radius 1 is 1.35 bits per heavy atom. The van der Waals surface area contributed by atoms with E-state index in [0.29, 0.717) is 13.2 Å². The van der Waals surface area contributed by atoms with E-state index >= 15 is 0 Å². The van der Waals surface area contributed by atoms with E-state index in [1.54, 1.807) is 7.11 Å². The lowest BCUT2D eigenvalue weighted by Crippen LogP contribution is -2.08. The van der Waals surface area contributed by atoms with Crippen LogP contribution >= 0.6 is 11.6 Å². The van der Waals surface area contributed by atoms with Crippen molar-refractivity contribution in [2.45, 2.75) is 19.9 Å². The maximum absolute atomic E-state index is 6.26. The first-order valence-corrected chi connectivity index (χ1v) is 7.00. The standard InChI is InChI=1S/C15H20ClN3O/c1-11-15(16)14(19(2)18-11)10-17-13-7-5-4-6-12(13)8-9-20-3/h4-7,17H,8-10H2,1-3H3. The molecule has 0 unspecified atom stereocenters. The van der Waals surface area contributed by atoms with Crippen LogP contribution in [0.2, 0.25) is 5.02 Å². The second-order valence-corrected chi connectivity index (χ2v) is 5.10. The van der Waals surface area contributed by atoms with Gasteiger partial charge in [-0.3, -0.25) is 4.68 Å². The number of para-hydroxylation sites is 1. The van der Waals surface area contributed by atoms with Gasteiger partial charge in [-0.2, -0.15) is 5.10 Å². The smallest absolute Gasteiger partial charge is 0.0865 e. The second kappa shape index (κ2) is 6.77. The van der Waals surface area contributed by atoms with Gasteiger partial charge in [0.1, 0.15) is 0 Å². The third-order valence-electron chi connectivity index (χ3n) is 3.30. The molecule has 108 valence electrons. The van der Waals surface area contributed by atoms with Gasteiger partial charge in [0.15, 0.2) is 0 Å². The molecule has 2 aromatic rings. The summed E-state index contributed by atoms with van der Waals surface area (Å²) < 4.78 is 6.96. The largest absolute Gasteiger partial charge is 0.384 e. The van der Waals surface area contributed by atoms with Crippen LogP contribution in [0, 0.1) is 6.92 Å². The summed E-state index contributed by atoms with van der Waals surface area (Å²) in [5.41, 5.74) is 4.20. The first-order chi connectivity index (χ1) is 9.63. The molecule has 1 aromatic heterocycles. The molecule has 0 bridgehead atoms. The van der Waals surface area contributed by atoms with E-state index in [1.807, 2.05) is 30.8 Å². The number of aryl methyl sites for hydroxylation is 2. The molecule has 20 heavy (non-hydrogen) atoms. The summed E-state index contributed by atoms with van der Waals surface area (Å²) in [6.07, 6.45) is 0.887. The maximum atomic E-state index is 6.26. The van der Waals surface area contributed by atoms with Gasteiger partial charge in [0.25, 0.3) is 0 Å². The van der Waals surface area contributed by atoms with Gasteiger partial charge in [0.2, 0.25) is 0 Å². The summed E-state index contributed by atoms with van der Waals surface area (Å²) in [5.74, 6) is 0. The Bertz CT molecular complexity index is 580. The number of rotatable bonds is 6. The first kappa shape index (κ1) is 14.9.